The first-order valence-electron chi connectivity index (χ1n) is 11.1. The smallest absolute Gasteiger partial charge is 0.225 e. The van der Waals surface area contributed by atoms with E-state index in [1.54, 1.807) is 6.20 Å². The number of benzene rings is 2. The Morgan fingerprint density at radius 1 is 1.09 bits per heavy atom. The van der Waals surface area contributed by atoms with Crippen LogP contribution in [0.4, 0.5) is 11.6 Å². The Kier molecular flexibility index (Phi) is 5.96. The molecule has 5 rings (SSSR count). The van der Waals surface area contributed by atoms with Gasteiger partial charge >= 0.3 is 0 Å². The van der Waals surface area contributed by atoms with Crippen molar-refractivity contribution in [1.82, 2.24) is 30.2 Å². The minimum Gasteiger partial charge on any atom is -0.383 e. The topological polar surface area (TPSA) is 91.7 Å². The van der Waals surface area contributed by atoms with E-state index in [1.165, 1.54) is 5.56 Å². The van der Waals surface area contributed by atoms with Gasteiger partial charge < -0.3 is 21.3 Å². The van der Waals surface area contributed by atoms with E-state index in [2.05, 4.69) is 68.5 Å². The van der Waals surface area contributed by atoms with E-state index >= 15 is 0 Å². The Balaban J connectivity index is 1.31. The second-order valence-electron chi connectivity index (χ2n) is 8.07. The number of nitrogens with one attached hydrogen (secondary N) is 4. The number of nitrogens with zero attached hydrogens (tertiary/aromatic N) is 4. The third kappa shape index (κ3) is 4.56. The lowest BCUT2D eigenvalue weighted by atomic mass is 10.1. The molecule has 0 spiro atoms. The van der Waals surface area contributed by atoms with Crippen LogP contribution in [0.5, 0.6) is 0 Å². The van der Waals surface area contributed by atoms with Crippen molar-refractivity contribution in [2.75, 3.05) is 36.8 Å². The van der Waals surface area contributed by atoms with Gasteiger partial charge in [-0.25, -0.2) is 9.97 Å². The average molecular weight is 429 g/mol. The maximum absolute atomic E-state index is 4.72. The molecule has 1 fully saturated rings. The fourth-order valence-corrected chi connectivity index (χ4v) is 3.98. The zero-order valence-electron chi connectivity index (χ0n) is 18.1. The van der Waals surface area contributed by atoms with Crippen molar-refractivity contribution in [3.8, 4) is 5.82 Å². The van der Waals surface area contributed by atoms with Crippen LogP contribution < -0.4 is 21.3 Å². The molecule has 2 aromatic carbocycles. The van der Waals surface area contributed by atoms with Crippen molar-refractivity contribution in [3.05, 3.63) is 72.7 Å². The van der Waals surface area contributed by atoms with E-state index in [4.69, 9.17) is 4.98 Å². The first-order chi connectivity index (χ1) is 15.8. The highest BCUT2D eigenvalue weighted by Gasteiger charge is 2.13. The summed E-state index contributed by atoms with van der Waals surface area (Å²) < 4.78 is 1.99. The Morgan fingerprint density at radius 2 is 2.00 bits per heavy atom. The van der Waals surface area contributed by atoms with Gasteiger partial charge in [0.1, 0.15) is 12.1 Å². The molecule has 0 amide bonds. The number of fused-ring (bicyclic) bond motifs is 1. The SMILES string of the molecule is C[C@H](Nc1nccc(-n2cnc3cc(NCC4CNCCN4)ccc32)n1)c1ccccc1. The van der Waals surface area contributed by atoms with Gasteiger partial charge in [-0.15, -0.1) is 0 Å². The van der Waals surface area contributed by atoms with E-state index in [9.17, 15) is 0 Å². The Labute approximate surface area is 187 Å². The van der Waals surface area contributed by atoms with Crippen LogP contribution in [0.3, 0.4) is 0 Å². The lowest BCUT2D eigenvalue weighted by molar-refractivity contribution is 0.431. The number of piperazine rings is 1. The molecule has 2 atom stereocenters. The molecular formula is C24H28N8. The normalized spacial score (nSPS) is 17.2. The third-order valence-corrected chi connectivity index (χ3v) is 5.76. The van der Waals surface area contributed by atoms with Crippen molar-refractivity contribution in [2.45, 2.75) is 19.0 Å². The van der Waals surface area contributed by atoms with Crippen molar-refractivity contribution in [2.24, 2.45) is 0 Å². The number of hydrogen-bond donors (Lipinski definition) is 4. The van der Waals surface area contributed by atoms with E-state index in [0.717, 1.165) is 48.7 Å². The van der Waals surface area contributed by atoms with Crippen LogP contribution in [0.1, 0.15) is 18.5 Å². The molecule has 32 heavy (non-hydrogen) atoms. The van der Waals surface area contributed by atoms with Crippen molar-refractivity contribution in [3.63, 3.8) is 0 Å². The number of anilines is 2. The molecule has 0 radical (unpaired) electrons. The number of hydrogen-bond acceptors (Lipinski definition) is 7. The van der Waals surface area contributed by atoms with Gasteiger partial charge in [0.05, 0.1) is 17.1 Å². The Hall–Kier alpha value is -3.49. The summed E-state index contributed by atoms with van der Waals surface area (Å²) >= 11 is 0. The number of rotatable bonds is 7. The van der Waals surface area contributed by atoms with Gasteiger partial charge in [0.15, 0.2) is 0 Å². The highest BCUT2D eigenvalue weighted by molar-refractivity contribution is 5.81. The molecule has 8 nitrogen and oxygen atoms in total. The summed E-state index contributed by atoms with van der Waals surface area (Å²) in [7, 11) is 0. The van der Waals surface area contributed by atoms with Crippen molar-refractivity contribution in [1.29, 1.82) is 0 Å². The molecule has 8 heteroatoms. The molecule has 1 saturated heterocycles. The zero-order chi connectivity index (χ0) is 21.8. The predicted octanol–water partition coefficient (Wildman–Crippen LogP) is 2.96. The summed E-state index contributed by atoms with van der Waals surface area (Å²) in [5, 5.41) is 13.8. The maximum Gasteiger partial charge on any atom is 0.225 e. The molecular weight excluding hydrogens is 400 g/mol. The van der Waals surface area contributed by atoms with Crippen LogP contribution in [-0.2, 0) is 0 Å². The highest BCUT2D eigenvalue weighted by atomic mass is 15.2. The van der Waals surface area contributed by atoms with Crippen molar-refractivity contribution >= 4 is 22.7 Å². The first-order valence-corrected chi connectivity index (χ1v) is 11.1. The zero-order valence-corrected chi connectivity index (χ0v) is 18.1. The molecule has 164 valence electrons. The van der Waals surface area contributed by atoms with Gasteiger partial charge in [-0.3, -0.25) is 4.57 Å². The van der Waals surface area contributed by atoms with Crippen LogP contribution in [0, 0.1) is 0 Å². The fraction of sp³-hybridized carbons (Fsp3) is 0.292. The molecule has 4 N–H and O–H groups in total. The molecule has 1 unspecified atom stereocenters. The minimum atomic E-state index is 0.105. The summed E-state index contributed by atoms with van der Waals surface area (Å²) in [6.45, 7) is 6.00. The van der Waals surface area contributed by atoms with Crippen molar-refractivity contribution < 1.29 is 0 Å². The molecule has 3 heterocycles. The van der Waals surface area contributed by atoms with Gasteiger partial charge in [0, 0.05) is 44.1 Å². The van der Waals surface area contributed by atoms with Crippen LogP contribution in [0.2, 0.25) is 0 Å². The third-order valence-electron chi connectivity index (χ3n) is 5.76. The monoisotopic (exact) mass is 428 g/mol. The summed E-state index contributed by atoms with van der Waals surface area (Å²) in [6, 6.07) is 19.0. The summed E-state index contributed by atoms with van der Waals surface area (Å²) in [6.07, 6.45) is 3.59. The second kappa shape index (κ2) is 9.33. The van der Waals surface area contributed by atoms with Gasteiger partial charge in [0.25, 0.3) is 0 Å². The lowest BCUT2D eigenvalue weighted by Gasteiger charge is -2.25. The lowest BCUT2D eigenvalue weighted by Crippen LogP contribution is -2.51. The van der Waals surface area contributed by atoms with Crippen LogP contribution >= 0.6 is 0 Å². The highest BCUT2D eigenvalue weighted by Crippen LogP contribution is 2.22. The molecule has 0 saturated carbocycles. The van der Waals surface area contributed by atoms with Crippen LogP contribution in [0.15, 0.2) is 67.1 Å². The molecule has 4 aromatic rings. The van der Waals surface area contributed by atoms with Gasteiger partial charge in [-0.2, -0.15) is 4.98 Å². The van der Waals surface area contributed by atoms with E-state index in [0.29, 0.717) is 12.0 Å². The fourth-order valence-electron chi connectivity index (χ4n) is 3.98. The van der Waals surface area contributed by atoms with E-state index in [-0.39, 0.29) is 6.04 Å². The largest absolute Gasteiger partial charge is 0.383 e. The van der Waals surface area contributed by atoms with Gasteiger partial charge in [0.2, 0.25) is 5.95 Å². The minimum absolute atomic E-state index is 0.105. The Morgan fingerprint density at radius 3 is 2.84 bits per heavy atom. The van der Waals surface area contributed by atoms with E-state index < -0.39 is 0 Å². The first kappa shape index (κ1) is 20.4. The molecule has 0 aliphatic carbocycles. The van der Waals surface area contributed by atoms with Crippen LogP contribution in [-0.4, -0.2) is 51.7 Å². The summed E-state index contributed by atoms with van der Waals surface area (Å²) in [5.41, 5.74) is 4.19. The molecule has 1 aliphatic rings. The second-order valence-corrected chi connectivity index (χ2v) is 8.07. The summed E-state index contributed by atoms with van der Waals surface area (Å²) in [5.74, 6) is 1.37. The Bertz CT molecular complexity index is 1170. The van der Waals surface area contributed by atoms with Crippen LogP contribution in [0.25, 0.3) is 16.9 Å². The molecule has 1 aliphatic heterocycles. The summed E-state index contributed by atoms with van der Waals surface area (Å²) in [4.78, 5) is 13.7. The number of aromatic nitrogens is 4. The standard InChI is InChI=1S/C24H28N8/c1-17(18-5-3-2-4-6-18)30-24-27-10-9-23(31-24)32-16-29-21-13-19(7-8-22(21)32)28-15-20-14-25-11-12-26-20/h2-10,13,16-17,20,25-26,28H,11-12,14-15H2,1H3,(H,27,30,31)/t17-,20?/m0/s1. The maximum atomic E-state index is 4.72. The quantitative estimate of drug-likeness (QED) is 0.360. The van der Waals surface area contributed by atoms with E-state index in [1.807, 2.05) is 35.2 Å². The average Bonchev–Trinajstić information content (AvgIpc) is 3.27. The molecule has 2 aromatic heterocycles. The predicted molar refractivity (Wildman–Crippen MR) is 128 cm³/mol. The molecule has 0 bridgehead atoms. The van der Waals surface area contributed by atoms with Gasteiger partial charge in [-0.1, -0.05) is 30.3 Å². The number of imidazole rings is 1. The van der Waals surface area contributed by atoms with Gasteiger partial charge in [-0.05, 0) is 36.8 Å².